The maximum Gasteiger partial charge on any atom is 3.00 e. The Balaban J connectivity index is -0.0000000587. The van der Waals surface area contributed by atoms with E-state index in [2.05, 4.69) is 0 Å². The van der Waals surface area contributed by atoms with E-state index in [0.29, 0.717) is 0 Å². The van der Waals surface area contributed by atoms with Crippen molar-refractivity contribution in [2.45, 2.75) is 0 Å². The summed E-state index contributed by atoms with van der Waals surface area (Å²) in [7, 11) is 24.0. The van der Waals surface area contributed by atoms with E-state index in [1.165, 1.54) is 0 Å². The maximum absolute atomic E-state index is 8.25. The van der Waals surface area contributed by atoms with Crippen molar-refractivity contribution >= 4 is 0 Å². The van der Waals surface area contributed by atoms with Crippen LogP contribution in [0.3, 0.4) is 0 Å². The van der Waals surface area contributed by atoms with Crippen LogP contribution in [0.15, 0.2) is 112 Å². The SMILES string of the molecule is Cn1cc[n+](C)c1.Cn1cc[n+](C)c1.Cn1cc[n+](C)c1.Cn1cc[n+](C)c1.Cn1cc[n+](C)c1.Cn1cc[n+](C)c1.O=[N+]([O-])[O-].O=[N+]([O-])[O-].O=[N+]([O-])[O-].O=[N+]([O-])[O-].O=[N+]([O-])[O-].O=[N+]([O-])[O-].O=[N+]([O-])[O-].O=[N+]([O-])[O-].O=[N+]([O-])[O-].O=[N+]([O-])[O-].O=[N+]([O-])[O-].O=[N+]([O-])[O-].[Nd+3].[Nd+3]. The standard InChI is InChI=1S/6C5H9N2.12NO3.2Nd/c6*1-6-3-4-7(2)5-6;12*2-1(3)4;;/h6*3-5H,1-2H3;;;;;;;;;;;;;;/q6*+1;12*-1;2*+3. The van der Waals surface area contributed by atoms with Crippen LogP contribution in [0.5, 0.6) is 0 Å². The molecule has 6 heterocycles. The first kappa shape index (κ1) is 115. The summed E-state index contributed by atoms with van der Waals surface area (Å²) in [5.74, 6) is 0. The predicted molar refractivity (Wildman–Crippen MR) is 284 cm³/mol. The van der Waals surface area contributed by atoms with Crippen molar-refractivity contribution < 1.29 is 170 Å². The van der Waals surface area contributed by atoms with Gasteiger partial charge in [-0.05, 0) is 0 Å². The molecular formula is C30H54N24Nd2O36. The van der Waals surface area contributed by atoms with Crippen molar-refractivity contribution in [1.29, 1.82) is 0 Å². The molecule has 0 aliphatic rings. The summed E-state index contributed by atoms with van der Waals surface area (Å²) in [6.45, 7) is 0. The van der Waals surface area contributed by atoms with Crippen LogP contribution in [-0.2, 0) is 84.6 Å². The molecule has 6 aromatic heterocycles. The molecule has 0 saturated heterocycles. The molecule has 60 nitrogen and oxygen atoms in total. The van der Waals surface area contributed by atoms with Crippen molar-refractivity contribution in [1.82, 2.24) is 27.4 Å². The molecular weight excluding hydrogens is 1560 g/mol. The Morgan fingerprint density at radius 3 is 0.261 bits per heavy atom. The van der Waals surface area contributed by atoms with Gasteiger partial charge in [0, 0.05) is 0 Å². The summed E-state index contributed by atoms with van der Waals surface area (Å²) in [5, 5.41) is 177. The van der Waals surface area contributed by atoms with Gasteiger partial charge in [-0.2, -0.15) is 0 Å². The van der Waals surface area contributed by atoms with E-state index >= 15 is 0 Å². The third kappa shape index (κ3) is 261. The summed E-state index contributed by atoms with van der Waals surface area (Å²) in [5.41, 5.74) is 0. The fourth-order valence-electron chi connectivity index (χ4n) is 3.45. The van der Waals surface area contributed by atoms with Gasteiger partial charge in [0.25, 0.3) is 0 Å². The van der Waals surface area contributed by atoms with Crippen LogP contribution in [0.4, 0.5) is 0 Å². The Labute approximate surface area is 574 Å². The van der Waals surface area contributed by atoms with Crippen LogP contribution in [-0.4, -0.2) is 88.4 Å². The molecule has 518 valence electrons. The van der Waals surface area contributed by atoms with Crippen molar-refractivity contribution in [3.8, 4) is 0 Å². The maximum atomic E-state index is 8.25. The number of nitrogens with zero attached hydrogens (tertiary/aromatic N) is 24. The van der Waals surface area contributed by atoms with E-state index in [-0.39, 0.29) is 81.7 Å². The van der Waals surface area contributed by atoms with Crippen molar-refractivity contribution in [2.24, 2.45) is 84.6 Å². The van der Waals surface area contributed by atoms with Gasteiger partial charge in [0.05, 0.1) is 146 Å². The third-order valence-corrected chi connectivity index (χ3v) is 5.41. The van der Waals surface area contributed by atoms with Gasteiger partial charge in [-0.3, -0.25) is 0 Å². The molecule has 0 aromatic carbocycles. The molecule has 6 rings (SSSR count). The zero-order valence-corrected chi connectivity index (χ0v) is 55.2. The van der Waals surface area contributed by atoms with Gasteiger partial charge in [0.1, 0.15) is 74.4 Å². The number of imidazole rings is 6. The molecule has 0 amide bonds. The Hall–Kier alpha value is -11.6. The van der Waals surface area contributed by atoms with Crippen LogP contribution in [0.25, 0.3) is 0 Å². The van der Waals surface area contributed by atoms with E-state index in [4.69, 9.17) is 184 Å². The van der Waals surface area contributed by atoms with Gasteiger partial charge >= 0.3 is 81.7 Å². The van der Waals surface area contributed by atoms with Crippen molar-refractivity contribution in [3.63, 3.8) is 0 Å². The van der Waals surface area contributed by atoms with Gasteiger partial charge in [0.15, 0.2) is 0 Å². The van der Waals surface area contributed by atoms with E-state index in [9.17, 15) is 0 Å². The van der Waals surface area contributed by atoms with Crippen LogP contribution in [0.1, 0.15) is 0 Å². The molecule has 0 fully saturated rings. The number of aromatic nitrogens is 12. The molecule has 2 radical (unpaired) electrons. The van der Waals surface area contributed by atoms with Crippen LogP contribution >= 0.6 is 0 Å². The van der Waals surface area contributed by atoms with Gasteiger partial charge in [-0.1, -0.05) is 0 Å². The molecule has 0 bridgehead atoms. The first-order chi connectivity index (χ1) is 40.5. The Bertz CT molecular complexity index is 2140. The number of hydrogen-bond acceptors (Lipinski definition) is 36. The average Bonchev–Trinajstić information content (AvgIpc) is 4.18. The molecule has 0 aliphatic heterocycles. The minimum absolute atomic E-state index is 0. The van der Waals surface area contributed by atoms with Crippen molar-refractivity contribution in [3.05, 3.63) is 296 Å². The molecule has 0 unspecified atom stereocenters. The third-order valence-electron chi connectivity index (χ3n) is 5.41. The molecule has 0 spiro atoms. The number of rotatable bonds is 0. The van der Waals surface area contributed by atoms with E-state index < -0.39 is 61.0 Å². The quantitative estimate of drug-likeness (QED) is 0.0800. The fourth-order valence-corrected chi connectivity index (χ4v) is 3.45. The van der Waals surface area contributed by atoms with Crippen LogP contribution in [0.2, 0.25) is 0 Å². The minimum Gasteiger partial charge on any atom is -0.356 e. The van der Waals surface area contributed by atoms with Gasteiger partial charge < -0.3 is 184 Å². The molecule has 0 saturated carbocycles. The predicted octanol–water partition coefficient (Wildman–Crippen LogP) is -3.77. The molecule has 0 aliphatic carbocycles. The second-order valence-electron chi connectivity index (χ2n) is 13.2. The van der Waals surface area contributed by atoms with Crippen molar-refractivity contribution in [2.75, 3.05) is 0 Å². The fraction of sp³-hybridized carbons (Fsp3) is 0.400. The topological polar surface area (TPSA) is 847 Å². The normalized spacial score (nSPS) is 7.43. The first-order valence-corrected chi connectivity index (χ1v) is 20.1. The van der Waals surface area contributed by atoms with Gasteiger partial charge in [0.2, 0.25) is 38.0 Å². The summed E-state index contributed by atoms with van der Waals surface area (Å²) in [4.78, 5) is 99.0. The largest absolute Gasteiger partial charge is 3.00 e. The van der Waals surface area contributed by atoms with Gasteiger partial charge in [-0.25, -0.2) is 54.8 Å². The monoisotopic (exact) mass is 1610 g/mol. The second-order valence-corrected chi connectivity index (χ2v) is 13.2. The minimum atomic E-state index is -1.75. The Morgan fingerprint density at radius 2 is 0.250 bits per heavy atom. The van der Waals surface area contributed by atoms with E-state index in [1.807, 2.05) is 252 Å². The van der Waals surface area contributed by atoms with Crippen LogP contribution in [0, 0.1) is 266 Å². The number of aryl methyl sites for hydroxylation is 12. The summed E-state index contributed by atoms with van der Waals surface area (Å²) in [6.07, 6.45) is 36.0. The number of hydrogen-bond donors (Lipinski definition) is 0. The molecule has 92 heavy (non-hydrogen) atoms. The second kappa shape index (κ2) is 79.4. The zero-order valence-electron chi connectivity index (χ0n) is 48.8. The van der Waals surface area contributed by atoms with E-state index in [1.54, 1.807) is 0 Å². The first-order valence-electron chi connectivity index (χ1n) is 20.1. The Morgan fingerprint density at radius 1 is 0.196 bits per heavy atom. The Kier molecular flexibility index (Phi) is 99.1. The van der Waals surface area contributed by atoms with Crippen LogP contribution < -0.4 is 27.4 Å². The van der Waals surface area contributed by atoms with Gasteiger partial charge in [-0.15, -0.1) is 0 Å². The summed E-state index contributed by atoms with van der Waals surface area (Å²) in [6, 6.07) is 0. The summed E-state index contributed by atoms with van der Waals surface area (Å²) < 4.78 is 24.0. The molecule has 0 atom stereocenters. The average molecular weight is 1620 g/mol. The molecule has 6 aromatic rings. The molecule has 0 N–H and O–H groups in total. The van der Waals surface area contributed by atoms with E-state index in [0.717, 1.165) is 0 Å². The zero-order chi connectivity index (χ0) is 74.6. The molecule has 62 heteroatoms. The smallest absolute Gasteiger partial charge is 0.356 e. The summed E-state index contributed by atoms with van der Waals surface area (Å²) >= 11 is 0.